The van der Waals surface area contributed by atoms with Crippen LogP contribution in [0.15, 0.2) is 24.3 Å². The SMILES string of the molecule is CN1CCN([C@H](c2ccc(O)cc2)c2nnnn2C2CCCCC2)CC1. The molecule has 2 heterocycles. The van der Waals surface area contributed by atoms with E-state index < -0.39 is 0 Å². The molecule has 1 atom stereocenters. The highest BCUT2D eigenvalue weighted by atomic mass is 16.3. The van der Waals surface area contributed by atoms with Crippen LogP contribution in [-0.4, -0.2) is 68.3 Å². The molecular formula is C19H28N6O. The summed E-state index contributed by atoms with van der Waals surface area (Å²) in [4.78, 5) is 4.83. The number of phenolic OH excluding ortho intramolecular Hbond substituents is 1. The normalized spacial score (nSPS) is 21.7. The summed E-state index contributed by atoms with van der Waals surface area (Å²) in [6.07, 6.45) is 6.13. The van der Waals surface area contributed by atoms with Gasteiger partial charge in [-0.2, -0.15) is 0 Å². The van der Waals surface area contributed by atoms with Crippen molar-refractivity contribution in [3.05, 3.63) is 35.7 Å². The zero-order valence-corrected chi connectivity index (χ0v) is 15.5. The van der Waals surface area contributed by atoms with Crippen LogP contribution in [0.2, 0.25) is 0 Å². The number of hydrogen-bond acceptors (Lipinski definition) is 6. The molecule has 0 spiro atoms. The summed E-state index contributed by atoms with van der Waals surface area (Å²) in [7, 11) is 2.17. The summed E-state index contributed by atoms with van der Waals surface area (Å²) in [5.41, 5.74) is 1.14. The fraction of sp³-hybridized carbons (Fsp3) is 0.632. The zero-order valence-electron chi connectivity index (χ0n) is 15.5. The number of aromatic hydroxyl groups is 1. The Morgan fingerprint density at radius 3 is 2.38 bits per heavy atom. The number of hydrogen-bond donors (Lipinski definition) is 1. The maximum absolute atomic E-state index is 9.71. The molecule has 1 aliphatic heterocycles. The minimum absolute atomic E-state index is 0.0289. The van der Waals surface area contributed by atoms with Gasteiger partial charge < -0.3 is 10.0 Å². The van der Waals surface area contributed by atoms with Crippen molar-refractivity contribution in [2.45, 2.75) is 44.2 Å². The fourth-order valence-corrected chi connectivity index (χ4v) is 4.23. The first kappa shape index (κ1) is 17.4. The van der Waals surface area contributed by atoms with Crippen LogP contribution in [0.5, 0.6) is 5.75 Å². The van der Waals surface area contributed by atoms with E-state index in [0.717, 1.165) is 50.4 Å². The van der Waals surface area contributed by atoms with Crippen molar-refractivity contribution in [3.8, 4) is 5.75 Å². The van der Waals surface area contributed by atoms with Gasteiger partial charge in [0.1, 0.15) is 5.75 Å². The Morgan fingerprint density at radius 1 is 1.00 bits per heavy atom. The van der Waals surface area contributed by atoms with Crippen molar-refractivity contribution in [2.24, 2.45) is 0 Å². The second kappa shape index (κ2) is 7.72. The van der Waals surface area contributed by atoms with Crippen LogP contribution in [0, 0.1) is 0 Å². The van der Waals surface area contributed by atoms with Gasteiger partial charge in [0.15, 0.2) is 5.82 Å². The van der Waals surface area contributed by atoms with Crippen LogP contribution in [0.3, 0.4) is 0 Å². The van der Waals surface area contributed by atoms with E-state index in [0.29, 0.717) is 6.04 Å². The number of piperazine rings is 1. The molecule has 2 aromatic rings. The first-order valence-electron chi connectivity index (χ1n) is 9.71. The summed E-state index contributed by atoms with van der Waals surface area (Å²) in [6, 6.07) is 7.94. The summed E-state index contributed by atoms with van der Waals surface area (Å²) in [5.74, 6) is 1.23. The number of aromatic nitrogens is 4. The molecule has 1 saturated heterocycles. The van der Waals surface area contributed by atoms with E-state index in [1.165, 1.54) is 19.3 Å². The smallest absolute Gasteiger partial charge is 0.173 e. The van der Waals surface area contributed by atoms with Crippen LogP contribution in [0.1, 0.15) is 55.6 Å². The van der Waals surface area contributed by atoms with Crippen molar-refractivity contribution >= 4 is 0 Å². The summed E-state index contributed by atoms with van der Waals surface area (Å²) >= 11 is 0. The maximum Gasteiger partial charge on any atom is 0.173 e. The Hall–Kier alpha value is -1.99. The van der Waals surface area contributed by atoms with E-state index >= 15 is 0 Å². The van der Waals surface area contributed by atoms with E-state index in [1.807, 2.05) is 12.1 Å². The lowest BCUT2D eigenvalue weighted by atomic mass is 9.95. The molecule has 1 aromatic heterocycles. The lowest BCUT2D eigenvalue weighted by molar-refractivity contribution is 0.119. The van der Waals surface area contributed by atoms with Gasteiger partial charge in [0, 0.05) is 26.2 Å². The van der Waals surface area contributed by atoms with E-state index in [1.54, 1.807) is 12.1 Å². The molecule has 1 aliphatic carbocycles. The highest BCUT2D eigenvalue weighted by Gasteiger charge is 2.32. The van der Waals surface area contributed by atoms with E-state index in [2.05, 4.69) is 37.1 Å². The number of nitrogens with zero attached hydrogens (tertiary/aromatic N) is 6. The molecule has 140 valence electrons. The number of benzene rings is 1. The van der Waals surface area contributed by atoms with Gasteiger partial charge in [-0.25, -0.2) is 4.68 Å². The summed E-state index contributed by atoms with van der Waals surface area (Å²) < 4.78 is 2.08. The van der Waals surface area contributed by atoms with Gasteiger partial charge in [-0.1, -0.05) is 31.4 Å². The first-order chi connectivity index (χ1) is 12.7. The molecule has 1 saturated carbocycles. The quantitative estimate of drug-likeness (QED) is 0.906. The van der Waals surface area contributed by atoms with Crippen molar-refractivity contribution in [2.75, 3.05) is 33.2 Å². The zero-order chi connectivity index (χ0) is 17.9. The summed E-state index contributed by atoms with van der Waals surface area (Å²) in [5, 5.41) is 22.6. The standard InChI is InChI=1S/C19H28N6O/c1-23-11-13-24(14-12-23)18(15-7-9-17(26)10-8-15)19-20-21-22-25(19)16-5-3-2-4-6-16/h7-10,16,18,26H,2-6,11-14H2,1H3/t18-/m1/s1. The Bertz CT molecular complexity index is 701. The van der Waals surface area contributed by atoms with E-state index in [9.17, 15) is 5.11 Å². The second-order valence-electron chi connectivity index (χ2n) is 7.61. The monoisotopic (exact) mass is 356 g/mol. The van der Waals surface area contributed by atoms with Gasteiger partial charge in [-0.3, -0.25) is 4.90 Å². The minimum Gasteiger partial charge on any atom is -0.508 e. The highest BCUT2D eigenvalue weighted by Crippen LogP contribution is 2.34. The molecule has 1 N–H and O–H groups in total. The molecule has 4 rings (SSSR count). The topological polar surface area (TPSA) is 70.3 Å². The number of rotatable bonds is 4. The van der Waals surface area contributed by atoms with E-state index in [4.69, 9.17) is 0 Å². The van der Waals surface area contributed by atoms with E-state index in [-0.39, 0.29) is 11.8 Å². The third kappa shape index (κ3) is 3.59. The Morgan fingerprint density at radius 2 is 1.69 bits per heavy atom. The molecule has 2 aliphatic rings. The van der Waals surface area contributed by atoms with Crippen LogP contribution < -0.4 is 0 Å². The Labute approximate surface area is 154 Å². The molecule has 0 bridgehead atoms. The molecular weight excluding hydrogens is 328 g/mol. The minimum atomic E-state index is 0.0289. The van der Waals surface area contributed by atoms with Gasteiger partial charge in [0.25, 0.3) is 0 Å². The molecule has 0 amide bonds. The Balaban J connectivity index is 1.69. The molecule has 26 heavy (non-hydrogen) atoms. The maximum atomic E-state index is 9.71. The molecule has 7 nitrogen and oxygen atoms in total. The largest absolute Gasteiger partial charge is 0.508 e. The first-order valence-corrected chi connectivity index (χ1v) is 9.71. The molecule has 2 fully saturated rings. The fourth-order valence-electron chi connectivity index (χ4n) is 4.23. The highest BCUT2D eigenvalue weighted by molar-refractivity contribution is 5.31. The van der Waals surface area contributed by atoms with Gasteiger partial charge in [0.05, 0.1) is 12.1 Å². The van der Waals surface area contributed by atoms with Crippen LogP contribution in [0.4, 0.5) is 0 Å². The van der Waals surface area contributed by atoms with Crippen LogP contribution in [-0.2, 0) is 0 Å². The summed E-state index contributed by atoms with van der Waals surface area (Å²) in [6.45, 7) is 4.05. The van der Waals surface area contributed by atoms with Crippen molar-refractivity contribution in [3.63, 3.8) is 0 Å². The van der Waals surface area contributed by atoms with Gasteiger partial charge in [-0.15, -0.1) is 5.10 Å². The van der Waals surface area contributed by atoms with Gasteiger partial charge in [0.2, 0.25) is 0 Å². The van der Waals surface area contributed by atoms with Crippen molar-refractivity contribution in [1.82, 2.24) is 30.0 Å². The molecule has 1 aromatic carbocycles. The average Bonchev–Trinajstić information content (AvgIpc) is 3.15. The predicted octanol–water partition coefficient (Wildman–Crippen LogP) is 2.22. The third-order valence-corrected chi connectivity index (χ3v) is 5.80. The lowest BCUT2D eigenvalue weighted by Crippen LogP contribution is -2.46. The predicted molar refractivity (Wildman–Crippen MR) is 99.0 cm³/mol. The second-order valence-corrected chi connectivity index (χ2v) is 7.61. The van der Waals surface area contributed by atoms with Gasteiger partial charge >= 0.3 is 0 Å². The third-order valence-electron chi connectivity index (χ3n) is 5.80. The van der Waals surface area contributed by atoms with Crippen molar-refractivity contribution < 1.29 is 5.11 Å². The molecule has 0 radical (unpaired) electrons. The number of likely N-dealkylation sites (N-methyl/N-ethyl adjacent to an activating group) is 1. The lowest BCUT2D eigenvalue weighted by Gasteiger charge is -2.38. The molecule has 0 unspecified atom stereocenters. The molecule has 7 heteroatoms. The van der Waals surface area contributed by atoms with Gasteiger partial charge in [-0.05, 0) is 48.0 Å². The number of phenols is 1. The van der Waals surface area contributed by atoms with Crippen LogP contribution in [0.25, 0.3) is 0 Å². The van der Waals surface area contributed by atoms with Crippen LogP contribution >= 0.6 is 0 Å². The number of tetrazole rings is 1. The van der Waals surface area contributed by atoms with Crippen molar-refractivity contribution in [1.29, 1.82) is 0 Å². The Kier molecular flexibility index (Phi) is 5.17. The average molecular weight is 356 g/mol.